The first-order valence-corrected chi connectivity index (χ1v) is 11.2. The molecule has 0 bridgehead atoms. The summed E-state index contributed by atoms with van der Waals surface area (Å²) in [6, 6.07) is 9.96. The Morgan fingerprint density at radius 3 is 2.70 bits per heavy atom. The van der Waals surface area contributed by atoms with Crippen molar-refractivity contribution in [3.8, 4) is 0 Å². The Balaban J connectivity index is 1.36. The average Bonchev–Trinajstić information content (AvgIpc) is 3.34. The van der Waals surface area contributed by atoms with Crippen LogP contribution in [0, 0.1) is 23.7 Å². The molecule has 0 spiro atoms. The topological polar surface area (TPSA) is 93.1 Å². The van der Waals surface area contributed by atoms with Crippen molar-refractivity contribution in [1.29, 1.82) is 0 Å². The van der Waals surface area contributed by atoms with Gasteiger partial charge in [0.25, 0.3) is 0 Å². The number of ketones is 1. The van der Waals surface area contributed by atoms with Crippen molar-refractivity contribution in [2.75, 3.05) is 19.8 Å². The number of ether oxygens (including phenoxy) is 2. The van der Waals surface area contributed by atoms with Crippen LogP contribution in [-0.2, 0) is 25.5 Å². The minimum atomic E-state index is -0.757. The smallest absolute Gasteiger partial charge is 0.332 e. The van der Waals surface area contributed by atoms with Crippen molar-refractivity contribution in [3.63, 3.8) is 0 Å². The van der Waals surface area contributed by atoms with E-state index < -0.39 is 12.2 Å². The van der Waals surface area contributed by atoms with Crippen LogP contribution in [0.2, 0.25) is 0 Å². The van der Waals surface area contributed by atoms with Crippen LogP contribution in [0.1, 0.15) is 44.6 Å². The summed E-state index contributed by atoms with van der Waals surface area (Å²) < 4.78 is 10.1. The van der Waals surface area contributed by atoms with Crippen molar-refractivity contribution >= 4 is 11.8 Å². The van der Waals surface area contributed by atoms with E-state index in [4.69, 9.17) is 9.47 Å². The van der Waals surface area contributed by atoms with Gasteiger partial charge in [-0.2, -0.15) is 0 Å². The fourth-order valence-corrected chi connectivity index (χ4v) is 5.01. The van der Waals surface area contributed by atoms with E-state index in [-0.39, 0.29) is 36.2 Å². The fourth-order valence-electron chi connectivity index (χ4n) is 5.01. The van der Waals surface area contributed by atoms with E-state index in [1.165, 1.54) is 0 Å². The number of aliphatic hydroxyl groups excluding tert-OH is 2. The largest absolute Gasteiger partial charge is 0.464 e. The first-order valence-electron chi connectivity index (χ1n) is 11.2. The van der Waals surface area contributed by atoms with Gasteiger partial charge in [0.1, 0.15) is 12.4 Å². The van der Waals surface area contributed by atoms with E-state index in [0.29, 0.717) is 31.8 Å². The van der Waals surface area contributed by atoms with Gasteiger partial charge in [-0.3, -0.25) is 4.79 Å². The van der Waals surface area contributed by atoms with Crippen LogP contribution in [0.25, 0.3) is 0 Å². The summed E-state index contributed by atoms with van der Waals surface area (Å²) in [5.74, 6) is 0.398. The predicted octanol–water partition coefficient (Wildman–Crippen LogP) is 2.54. The Labute approximate surface area is 178 Å². The zero-order valence-corrected chi connectivity index (χ0v) is 17.7. The highest BCUT2D eigenvalue weighted by Crippen LogP contribution is 2.62. The van der Waals surface area contributed by atoms with Gasteiger partial charge in [-0.1, -0.05) is 36.8 Å². The first kappa shape index (κ1) is 22.9. The summed E-state index contributed by atoms with van der Waals surface area (Å²) in [4.78, 5) is 23.5. The molecule has 5 unspecified atom stereocenters. The number of esters is 1. The van der Waals surface area contributed by atoms with Crippen molar-refractivity contribution in [1.82, 2.24) is 0 Å². The number of unbranched alkanes of at least 4 members (excludes halogenated alkanes) is 1. The molecule has 2 N–H and O–H groups in total. The number of aliphatic hydroxyl groups is 2. The molecule has 3 rings (SSSR count). The summed E-state index contributed by atoms with van der Waals surface area (Å²) in [5.41, 5.74) is 1.15. The Bertz CT molecular complexity index is 690. The van der Waals surface area contributed by atoms with Gasteiger partial charge in [0, 0.05) is 18.9 Å². The normalized spacial score (nSPS) is 26.8. The number of carbonyl (C=O) groups is 2. The van der Waals surface area contributed by atoms with Gasteiger partial charge < -0.3 is 19.7 Å². The van der Waals surface area contributed by atoms with E-state index in [2.05, 4.69) is 0 Å². The molecule has 1 aromatic rings. The zero-order chi connectivity index (χ0) is 21.5. The van der Waals surface area contributed by atoms with E-state index in [9.17, 15) is 19.8 Å². The van der Waals surface area contributed by atoms with Crippen LogP contribution in [0.15, 0.2) is 30.3 Å². The minimum absolute atomic E-state index is 0.0129. The molecule has 6 atom stereocenters. The molecule has 166 valence electrons. The maximum Gasteiger partial charge on any atom is 0.332 e. The first-order chi connectivity index (χ1) is 14.5. The molecule has 6 nitrogen and oxygen atoms in total. The van der Waals surface area contributed by atoms with Crippen LogP contribution in [-0.4, -0.2) is 54.0 Å². The molecule has 0 radical (unpaired) electrons. The lowest BCUT2D eigenvalue weighted by Crippen LogP contribution is -2.32. The number of Topliss-reactive ketones (excluding diaryl/α,β-unsaturated/α-hetero) is 1. The van der Waals surface area contributed by atoms with Gasteiger partial charge in [-0.15, -0.1) is 0 Å². The average molecular weight is 419 g/mol. The summed E-state index contributed by atoms with van der Waals surface area (Å²) in [6.07, 6.45) is 2.69. The van der Waals surface area contributed by atoms with Gasteiger partial charge in [-0.25, -0.2) is 4.79 Å². The molecular formula is C24H34O6. The van der Waals surface area contributed by atoms with E-state index >= 15 is 0 Å². The molecule has 0 amide bonds. The Morgan fingerprint density at radius 2 is 1.97 bits per heavy atom. The lowest BCUT2D eigenvalue weighted by atomic mass is 9.89. The molecule has 2 saturated carbocycles. The van der Waals surface area contributed by atoms with Crippen LogP contribution in [0.4, 0.5) is 0 Å². The molecule has 2 aliphatic carbocycles. The molecule has 30 heavy (non-hydrogen) atoms. The van der Waals surface area contributed by atoms with Crippen molar-refractivity contribution in [3.05, 3.63) is 35.9 Å². The highest BCUT2D eigenvalue weighted by Gasteiger charge is 2.64. The van der Waals surface area contributed by atoms with Crippen LogP contribution >= 0.6 is 0 Å². The molecule has 0 saturated heterocycles. The molecule has 2 fully saturated rings. The summed E-state index contributed by atoms with van der Waals surface area (Å²) >= 11 is 0. The van der Waals surface area contributed by atoms with Crippen molar-refractivity contribution < 1.29 is 29.3 Å². The molecule has 1 aromatic carbocycles. The standard InChI is InChI=1S/C24H34O6/c1-2-30-21(27)15-29-13-7-6-10-17-20(26)14-18-22(17)23(18)24(28)19(25)12-11-16-8-4-3-5-9-16/h3-5,8-9,17-19,22-25,28H,2,6-7,10-15H2,1H3/t17-,18?,19?,22?,23?,24?/m0/s1. The van der Waals surface area contributed by atoms with E-state index in [1.807, 2.05) is 30.3 Å². The minimum Gasteiger partial charge on any atom is -0.464 e. The van der Waals surface area contributed by atoms with Crippen LogP contribution < -0.4 is 0 Å². The summed E-state index contributed by atoms with van der Waals surface area (Å²) in [5, 5.41) is 21.1. The third kappa shape index (κ3) is 5.90. The quantitative estimate of drug-likeness (QED) is 0.378. The zero-order valence-electron chi connectivity index (χ0n) is 17.7. The SMILES string of the molecule is CCOC(=O)COCCCC[C@H]1C(=O)CC2C(C(O)C(O)CCc3ccccc3)C21. The lowest BCUT2D eigenvalue weighted by molar-refractivity contribution is -0.148. The molecule has 0 aromatic heterocycles. The predicted molar refractivity (Wildman–Crippen MR) is 112 cm³/mol. The van der Waals surface area contributed by atoms with E-state index in [1.54, 1.807) is 6.92 Å². The van der Waals surface area contributed by atoms with Gasteiger partial charge in [-0.05, 0) is 55.9 Å². The Kier molecular flexibility index (Phi) is 8.42. The number of hydrogen-bond donors (Lipinski definition) is 2. The molecule has 0 aliphatic heterocycles. The Morgan fingerprint density at radius 1 is 1.20 bits per heavy atom. The molecule has 6 heteroatoms. The third-order valence-electron chi connectivity index (χ3n) is 6.55. The number of aryl methyl sites for hydroxylation is 1. The van der Waals surface area contributed by atoms with Crippen LogP contribution in [0.3, 0.4) is 0 Å². The van der Waals surface area contributed by atoms with Gasteiger partial charge in [0.15, 0.2) is 0 Å². The monoisotopic (exact) mass is 418 g/mol. The van der Waals surface area contributed by atoms with Gasteiger partial charge in [0.2, 0.25) is 0 Å². The third-order valence-corrected chi connectivity index (χ3v) is 6.55. The van der Waals surface area contributed by atoms with Crippen LogP contribution in [0.5, 0.6) is 0 Å². The summed E-state index contributed by atoms with van der Waals surface area (Å²) in [6.45, 7) is 2.55. The number of fused-ring (bicyclic) bond motifs is 1. The molecule has 0 heterocycles. The Hall–Kier alpha value is -1.76. The maximum absolute atomic E-state index is 12.3. The van der Waals surface area contributed by atoms with Crippen molar-refractivity contribution in [2.24, 2.45) is 23.7 Å². The fraction of sp³-hybridized carbons (Fsp3) is 0.667. The van der Waals surface area contributed by atoms with Gasteiger partial charge >= 0.3 is 5.97 Å². The summed E-state index contributed by atoms with van der Waals surface area (Å²) in [7, 11) is 0. The second-order valence-corrected chi connectivity index (χ2v) is 8.53. The maximum atomic E-state index is 12.3. The highest BCUT2D eigenvalue weighted by atomic mass is 16.6. The van der Waals surface area contributed by atoms with Crippen molar-refractivity contribution in [2.45, 2.75) is 57.7 Å². The molecule has 2 aliphatic rings. The number of benzene rings is 1. The highest BCUT2D eigenvalue weighted by molar-refractivity contribution is 5.85. The second-order valence-electron chi connectivity index (χ2n) is 8.53. The number of carbonyl (C=O) groups excluding carboxylic acids is 2. The second kappa shape index (κ2) is 11.0. The van der Waals surface area contributed by atoms with E-state index in [0.717, 1.165) is 31.2 Å². The number of rotatable bonds is 13. The lowest BCUT2D eigenvalue weighted by Gasteiger charge is -2.21. The van der Waals surface area contributed by atoms with Gasteiger partial charge in [0.05, 0.1) is 18.8 Å². The molecular weight excluding hydrogens is 384 g/mol. The number of hydrogen-bond acceptors (Lipinski definition) is 6.